The maximum atomic E-state index is 10.6. The van der Waals surface area contributed by atoms with Crippen molar-refractivity contribution in [3.63, 3.8) is 0 Å². The number of carboxylic acids is 1. The molecule has 2 rings (SSSR count). The van der Waals surface area contributed by atoms with E-state index in [1.54, 1.807) is 24.3 Å². The van der Waals surface area contributed by atoms with Gasteiger partial charge in [-0.25, -0.2) is 4.79 Å². The van der Waals surface area contributed by atoms with Gasteiger partial charge in [0.25, 0.3) is 0 Å². The van der Waals surface area contributed by atoms with Crippen LogP contribution in [-0.4, -0.2) is 30.4 Å². The molecule has 4 heteroatoms. The third-order valence-corrected chi connectivity index (χ3v) is 2.29. The molecule has 0 atom stereocenters. The molecule has 1 heterocycles. The molecular weight excluding hydrogens is 196 g/mol. The highest BCUT2D eigenvalue weighted by Gasteiger charge is 2.18. The fourth-order valence-electron chi connectivity index (χ4n) is 1.27. The van der Waals surface area contributed by atoms with Gasteiger partial charge in [0, 0.05) is 0 Å². The lowest BCUT2D eigenvalue weighted by Crippen LogP contribution is -2.35. The summed E-state index contributed by atoms with van der Waals surface area (Å²) >= 11 is 0. The highest BCUT2D eigenvalue weighted by atomic mass is 16.6. The summed E-state index contributed by atoms with van der Waals surface area (Å²) in [5.74, 6) is -0.908. The molecule has 1 fully saturated rings. The molecule has 80 valence electrons. The normalized spacial score (nSPS) is 16.0. The average molecular weight is 208 g/mol. The van der Waals surface area contributed by atoms with Gasteiger partial charge in [0.05, 0.1) is 25.4 Å². The van der Waals surface area contributed by atoms with Crippen molar-refractivity contribution in [2.24, 2.45) is 0 Å². The predicted molar refractivity (Wildman–Crippen MR) is 52.8 cm³/mol. The van der Waals surface area contributed by atoms with Gasteiger partial charge in [-0.05, 0) is 17.7 Å². The summed E-state index contributed by atoms with van der Waals surface area (Å²) in [5, 5.41) is 8.69. The molecule has 0 unspecified atom stereocenters. The summed E-state index contributed by atoms with van der Waals surface area (Å²) in [7, 11) is 0. The van der Waals surface area contributed by atoms with Crippen molar-refractivity contribution in [3.8, 4) is 0 Å². The molecule has 0 aromatic heterocycles. The first-order chi connectivity index (χ1) is 7.25. The van der Waals surface area contributed by atoms with Gasteiger partial charge in [0.2, 0.25) is 0 Å². The molecule has 1 aromatic rings. The minimum atomic E-state index is -0.908. The monoisotopic (exact) mass is 208 g/mol. The van der Waals surface area contributed by atoms with E-state index in [0.29, 0.717) is 25.4 Å². The lowest BCUT2D eigenvalue weighted by molar-refractivity contribution is -0.135. The van der Waals surface area contributed by atoms with Crippen LogP contribution in [0.3, 0.4) is 0 Å². The molecule has 0 spiro atoms. The van der Waals surface area contributed by atoms with Crippen LogP contribution in [0.1, 0.15) is 15.9 Å². The van der Waals surface area contributed by atoms with Gasteiger partial charge in [0.1, 0.15) is 6.10 Å². The van der Waals surface area contributed by atoms with E-state index in [-0.39, 0.29) is 6.10 Å². The Morgan fingerprint density at radius 3 is 2.53 bits per heavy atom. The second-order valence-corrected chi connectivity index (χ2v) is 3.47. The van der Waals surface area contributed by atoms with Gasteiger partial charge in [-0.2, -0.15) is 0 Å². The van der Waals surface area contributed by atoms with Crippen molar-refractivity contribution in [1.29, 1.82) is 0 Å². The van der Waals surface area contributed by atoms with Crippen LogP contribution in [0.4, 0.5) is 0 Å². The highest BCUT2D eigenvalue weighted by Crippen LogP contribution is 2.10. The van der Waals surface area contributed by atoms with Gasteiger partial charge in [-0.1, -0.05) is 12.1 Å². The largest absolute Gasteiger partial charge is 0.478 e. The first-order valence-corrected chi connectivity index (χ1v) is 4.77. The zero-order valence-electron chi connectivity index (χ0n) is 8.18. The summed E-state index contributed by atoms with van der Waals surface area (Å²) in [6.45, 7) is 1.83. The molecular formula is C11H12O4. The van der Waals surface area contributed by atoms with Gasteiger partial charge in [-0.15, -0.1) is 0 Å². The Kier molecular flexibility index (Phi) is 2.99. The number of hydrogen-bond donors (Lipinski definition) is 1. The van der Waals surface area contributed by atoms with Crippen LogP contribution < -0.4 is 0 Å². The quantitative estimate of drug-likeness (QED) is 0.810. The van der Waals surface area contributed by atoms with E-state index in [9.17, 15) is 4.79 Å². The molecule has 1 N–H and O–H groups in total. The summed E-state index contributed by atoms with van der Waals surface area (Å²) in [6.07, 6.45) is 0.198. The summed E-state index contributed by atoms with van der Waals surface area (Å²) in [4.78, 5) is 10.6. The second-order valence-electron chi connectivity index (χ2n) is 3.47. The molecule has 0 radical (unpaired) electrons. The van der Waals surface area contributed by atoms with E-state index in [2.05, 4.69) is 0 Å². The Hall–Kier alpha value is -1.39. The van der Waals surface area contributed by atoms with Crippen molar-refractivity contribution in [2.45, 2.75) is 12.7 Å². The second kappa shape index (κ2) is 4.42. The molecule has 0 bridgehead atoms. The Bertz CT molecular complexity index is 340. The van der Waals surface area contributed by atoms with E-state index in [1.165, 1.54) is 0 Å². The number of carboxylic acid groups (broad SMARTS) is 1. The molecule has 15 heavy (non-hydrogen) atoms. The Balaban J connectivity index is 1.88. The molecule has 1 saturated heterocycles. The van der Waals surface area contributed by atoms with Crippen LogP contribution in [0.25, 0.3) is 0 Å². The van der Waals surface area contributed by atoms with Crippen molar-refractivity contribution in [1.82, 2.24) is 0 Å². The number of ether oxygens (including phenoxy) is 2. The van der Waals surface area contributed by atoms with E-state index in [1.807, 2.05) is 0 Å². The van der Waals surface area contributed by atoms with Crippen LogP contribution >= 0.6 is 0 Å². The predicted octanol–water partition coefficient (Wildman–Crippen LogP) is 1.30. The lowest BCUT2D eigenvalue weighted by atomic mass is 10.1. The van der Waals surface area contributed by atoms with Crippen LogP contribution in [0, 0.1) is 0 Å². The first-order valence-electron chi connectivity index (χ1n) is 4.77. The topological polar surface area (TPSA) is 55.8 Å². The fraction of sp³-hybridized carbons (Fsp3) is 0.364. The Labute approximate surface area is 87.4 Å². The third-order valence-electron chi connectivity index (χ3n) is 2.29. The van der Waals surface area contributed by atoms with Crippen molar-refractivity contribution < 1.29 is 19.4 Å². The lowest BCUT2D eigenvalue weighted by Gasteiger charge is -2.25. The Morgan fingerprint density at radius 2 is 2.07 bits per heavy atom. The smallest absolute Gasteiger partial charge is 0.335 e. The van der Waals surface area contributed by atoms with Gasteiger partial charge in [0.15, 0.2) is 0 Å². The van der Waals surface area contributed by atoms with E-state index in [4.69, 9.17) is 14.6 Å². The van der Waals surface area contributed by atoms with E-state index >= 15 is 0 Å². The molecule has 4 nitrogen and oxygen atoms in total. The van der Waals surface area contributed by atoms with Crippen LogP contribution in [0.5, 0.6) is 0 Å². The number of rotatable bonds is 4. The van der Waals surface area contributed by atoms with Gasteiger partial charge in [-0.3, -0.25) is 0 Å². The average Bonchev–Trinajstić information content (AvgIpc) is 2.16. The number of benzene rings is 1. The standard InChI is InChI=1S/C11H12O4/c12-11(13)9-3-1-8(2-4-9)5-15-10-6-14-7-10/h1-4,10H,5-7H2,(H,12,13). The van der Waals surface area contributed by atoms with Crippen molar-refractivity contribution >= 4 is 5.97 Å². The van der Waals surface area contributed by atoms with E-state index in [0.717, 1.165) is 5.56 Å². The minimum absolute atomic E-state index is 0.198. The summed E-state index contributed by atoms with van der Waals surface area (Å²) in [5.41, 5.74) is 1.28. The third kappa shape index (κ3) is 2.55. The number of aromatic carboxylic acids is 1. The first kappa shape index (κ1) is 10.1. The molecule has 0 saturated carbocycles. The maximum Gasteiger partial charge on any atom is 0.335 e. The molecule has 1 aliphatic heterocycles. The van der Waals surface area contributed by atoms with Gasteiger partial charge >= 0.3 is 5.97 Å². The zero-order chi connectivity index (χ0) is 10.7. The Morgan fingerprint density at radius 1 is 1.40 bits per heavy atom. The fourth-order valence-corrected chi connectivity index (χ4v) is 1.27. The molecule has 1 aromatic carbocycles. The van der Waals surface area contributed by atoms with E-state index < -0.39 is 5.97 Å². The van der Waals surface area contributed by atoms with Crippen molar-refractivity contribution in [2.75, 3.05) is 13.2 Å². The summed E-state index contributed by atoms with van der Waals surface area (Å²) < 4.78 is 10.5. The van der Waals surface area contributed by atoms with Crippen LogP contribution in [0.2, 0.25) is 0 Å². The number of carbonyl (C=O) groups is 1. The maximum absolute atomic E-state index is 10.6. The van der Waals surface area contributed by atoms with Gasteiger partial charge < -0.3 is 14.6 Å². The molecule has 1 aliphatic rings. The minimum Gasteiger partial charge on any atom is -0.478 e. The zero-order valence-corrected chi connectivity index (χ0v) is 8.18. The SMILES string of the molecule is O=C(O)c1ccc(COC2COC2)cc1. The summed E-state index contributed by atoms with van der Waals surface area (Å²) in [6, 6.07) is 6.70. The highest BCUT2D eigenvalue weighted by molar-refractivity contribution is 5.87. The molecule has 0 amide bonds. The van der Waals surface area contributed by atoms with Crippen LogP contribution in [0.15, 0.2) is 24.3 Å². The molecule has 0 aliphatic carbocycles. The van der Waals surface area contributed by atoms with Crippen molar-refractivity contribution in [3.05, 3.63) is 35.4 Å². The van der Waals surface area contributed by atoms with Crippen LogP contribution in [-0.2, 0) is 16.1 Å². The number of hydrogen-bond acceptors (Lipinski definition) is 3.